The van der Waals surface area contributed by atoms with Crippen molar-refractivity contribution in [3.63, 3.8) is 0 Å². The van der Waals surface area contributed by atoms with Gasteiger partial charge in [0, 0.05) is 12.8 Å². The molecular formula is C15H24N2O2S. The van der Waals surface area contributed by atoms with Gasteiger partial charge in [-0.15, -0.1) is 0 Å². The summed E-state index contributed by atoms with van der Waals surface area (Å²) in [5, 5.41) is 6.86. The van der Waals surface area contributed by atoms with Gasteiger partial charge in [-0.25, -0.2) is 8.42 Å². The normalized spacial score (nSPS) is 19.9. The zero-order chi connectivity index (χ0) is 14.4. The molecule has 20 heavy (non-hydrogen) atoms. The average Bonchev–Trinajstić information content (AvgIpc) is 2.44. The molecule has 0 spiro atoms. The highest BCUT2D eigenvalue weighted by Gasteiger charge is 2.11. The van der Waals surface area contributed by atoms with Gasteiger partial charge < -0.3 is 10.6 Å². The largest absolute Gasteiger partial charge is 0.316 e. The van der Waals surface area contributed by atoms with E-state index in [1.54, 1.807) is 12.1 Å². The Labute approximate surface area is 121 Å². The summed E-state index contributed by atoms with van der Waals surface area (Å²) in [5.41, 5.74) is 1.12. The molecule has 4 nitrogen and oxygen atoms in total. The minimum absolute atomic E-state index is 0.384. The van der Waals surface area contributed by atoms with Crippen LogP contribution in [0.3, 0.4) is 0 Å². The lowest BCUT2D eigenvalue weighted by Gasteiger charge is -2.22. The molecule has 0 amide bonds. The second-order valence-corrected chi connectivity index (χ2v) is 7.61. The van der Waals surface area contributed by atoms with Crippen molar-refractivity contribution in [2.24, 2.45) is 5.92 Å². The van der Waals surface area contributed by atoms with Gasteiger partial charge in [0.1, 0.15) is 0 Å². The van der Waals surface area contributed by atoms with Crippen molar-refractivity contribution in [3.05, 3.63) is 29.8 Å². The van der Waals surface area contributed by atoms with E-state index in [-0.39, 0.29) is 0 Å². The second kappa shape index (κ2) is 7.20. The maximum Gasteiger partial charge on any atom is 0.175 e. The molecule has 1 fully saturated rings. The topological polar surface area (TPSA) is 58.2 Å². The van der Waals surface area contributed by atoms with Crippen LogP contribution in [0.2, 0.25) is 0 Å². The van der Waals surface area contributed by atoms with Crippen LogP contribution in [0.1, 0.15) is 24.8 Å². The molecule has 0 aromatic heterocycles. The summed E-state index contributed by atoms with van der Waals surface area (Å²) < 4.78 is 22.7. The number of hydrogen-bond acceptors (Lipinski definition) is 4. The molecule has 1 heterocycles. The average molecular weight is 296 g/mol. The molecule has 1 unspecified atom stereocenters. The SMILES string of the molecule is CS(=O)(=O)c1ccc(CNCCC2CCCNC2)cc1. The van der Waals surface area contributed by atoms with Crippen LogP contribution >= 0.6 is 0 Å². The Morgan fingerprint density at radius 3 is 2.65 bits per heavy atom. The fourth-order valence-corrected chi connectivity index (χ4v) is 3.19. The predicted molar refractivity (Wildman–Crippen MR) is 81.5 cm³/mol. The van der Waals surface area contributed by atoms with E-state index in [0.29, 0.717) is 4.90 Å². The monoisotopic (exact) mass is 296 g/mol. The van der Waals surface area contributed by atoms with Crippen molar-refractivity contribution in [2.45, 2.75) is 30.7 Å². The molecule has 0 bridgehead atoms. The van der Waals surface area contributed by atoms with Gasteiger partial charge >= 0.3 is 0 Å². The highest BCUT2D eigenvalue weighted by Crippen LogP contribution is 2.13. The predicted octanol–water partition coefficient (Wildman–Crippen LogP) is 1.57. The Kier molecular flexibility index (Phi) is 5.57. The third-order valence-corrected chi connectivity index (χ3v) is 4.94. The van der Waals surface area contributed by atoms with Crippen molar-refractivity contribution < 1.29 is 8.42 Å². The molecule has 2 N–H and O–H groups in total. The summed E-state index contributed by atoms with van der Waals surface area (Å²) in [5.74, 6) is 0.795. The number of benzene rings is 1. The molecule has 0 saturated carbocycles. The van der Waals surface area contributed by atoms with Crippen LogP contribution in [-0.4, -0.2) is 34.3 Å². The van der Waals surface area contributed by atoms with Gasteiger partial charge in [0.25, 0.3) is 0 Å². The van der Waals surface area contributed by atoms with Gasteiger partial charge in [-0.05, 0) is 62.5 Å². The van der Waals surface area contributed by atoms with E-state index >= 15 is 0 Å². The molecule has 1 aliphatic rings. The van der Waals surface area contributed by atoms with Crippen molar-refractivity contribution in [3.8, 4) is 0 Å². The molecule has 1 atom stereocenters. The number of hydrogen-bond donors (Lipinski definition) is 2. The zero-order valence-corrected chi connectivity index (χ0v) is 12.9. The van der Waals surface area contributed by atoms with Crippen LogP contribution in [0.5, 0.6) is 0 Å². The van der Waals surface area contributed by atoms with Crippen LogP contribution in [0.4, 0.5) is 0 Å². The summed E-state index contributed by atoms with van der Waals surface area (Å²) in [7, 11) is -3.09. The molecule has 112 valence electrons. The molecule has 0 radical (unpaired) electrons. The summed E-state index contributed by atoms with van der Waals surface area (Å²) in [6.07, 6.45) is 5.06. The fraction of sp³-hybridized carbons (Fsp3) is 0.600. The lowest BCUT2D eigenvalue weighted by molar-refractivity contribution is 0.352. The van der Waals surface area contributed by atoms with E-state index in [1.165, 1.54) is 25.5 Å². The highest BCUT2D eigenvalue weighted by atomic mass is 32.2. The Morgan fingerprint density at radius 2 is 2.05 bits per heavy atom. The van der Waals surface area contributed by atoms with Crippen LogP contribution < -0.4 is 10.6 Å². The van der Waals surface area contributed by atoms with Gasteiger partial charge in [-0.2, -0.15) is 0 Å². The van der Waals surface area contributed by atoms with E-state index < -0.39 is 9.84 Å². The van der Waals surface area contributed by atoms with Crippen molar-refractivity contribution in [1.82, 2.24) is 10.6 Å². The first-order valence-electron chi connectivity index (χ1n) is 7.26. The Hall–Kier alpha value is -0.910. The van der Waals surface area contributed by atoms with Crippen molar-refractivity contribution >= 4 is 9.84 Å². The third kappa shape index (κ3) is 4.89. The molecule has 0 aliphatic carbocycles. The highest BCUT2D eigenvalue weighted by molar-refractivity contribution is 7.90. The van der Waals surface area contributed by atoms with Crippen LogP contribution in [-0.2, 0) is 16.4 Å². The van der Waals surface area contributed by atoms with Crippen LogP contribution in [0, 0.1) is 5.92 Å². The Morgan fingerprint density at radius 1 is 1.30 bits per heavy atom. The van der Waals surface area contributed by atoms with E-state index in [9.17, 15) is 8.42 Å². The summed E-state index contributed by atoms with van der Waals surface area (Å²) >= 11 is 0. The maximum atomic E-state index is 11.4. The van der Waals surface area contributed by atoms with Crippen LogP contribution in [0.15, 0.2) is 29.2 Å². The lowest BCUT2D eigenvalue weighted by atomic mass is 9.96. The maximum absolute atomic E-state index is 11.4. The van der Waals surface area contributed by atoms with E-state index in [1.807, 2.05) is 12.1 Å². The summed E-state index contributed by atoms with van der Waals surface area (Å²) in [6, 6.07) is 7.12. The Bertz CT molecular complexity index is 505. The van der Waals surface area contributed by atoms with Gasteiger partial charge in [0.2, 0.25) is 0 Å². The second-order valence-electron chi connectivity index (χ2n) is 5.59. The molecule has 1 aromatic rings. The van der Waals surface area contributed by atoms with Crippen molar-refractivity contribution in [1.29, 1.82) is 0 Å². The fourth-order valence-electron chi connectivity index (χ4n) is 2.56. The van der Waals surface area contributed by atoms with Gasteiger partial charge in [0.15, 0.2) is 9.84 Å². The van der Waals surface area contributed by atoms with Crippen LogP contribution in [0.25, 0.3) is 0 Å². The molecule has 1 aromatic carbocycles. The van der Waals surface area contributed by atoms with E-state index in [0.717, 1.165) is 37.7 Å². The van der Waals surface area contributed by atoms with E-state index in [4.69, 9.17) is 0 Å². The van der Waals surface area contributed by atoms with Crippen molar-refractivity contribution in [2.75, 3.05) is 25.9 Å². The molecule has 1 saturated heterocycles. The zero-order valence-electron chi connectivity index (χ0n) is 12.1. The minimum atomic E-state index is -3.09. The minimum Gasteiger partial charge on any atom is -0.316 e. The number of nitrogens with one attached hydrogen (secondary N) is 2. The molecule has 1 aliphatic heterocycles. The molecule has 2 rings (SSSR count). The summed E-state index contributed by atoms with van der Waals surface area (Å²) in [4.78, 5) is 0.384. The standard InChI is InChI=1S/C15H24N2O2S/c1-20(18,19)15-6-4-14(5-7-15)12-17-10-8-13-3-2-9-16-11-13/h4-7,13,16-17H,2-3,8-12H2,1H3. The third-order valence-electron chi connectivity index (χ3n) is 3.81. The Balaban J connectivity index is 1.71. The number of sulfone groups is 1. The first-order valence-corrected chi connectivity index (χ1v) is 9.15. The number of rotatable bonds is 6. The van der Waals surface area contributed by atoms with Gasteiger partial charge in [-0.1, -0.05) is 12.1 Å². The smallest absolute Gasteiger partial charge is 0.175 e. The van der Waals surface area contributed by atoms with E-state index in [2.05, 4.69) is 10.6 Å². The first kappa shape index (κ1) is 15.5. The first-order chi connectivity index (χ1) is 9.55. The molecular weight excluding hydrogens is 272 g/mol. The number of piperidine rings is 1. The van der Waals surface area contributed by atoms with Gasteiger partial charge in [-0.3, -0.25) is 0 Å². The molecule has 5 heteroatoms. The lowest BCUT2D eigenvalue weighted by Crippen LogP contribution is -2.31. The quantitative estimate of drug-likeness (QED) is 0.782. The van der Waals surface area contributed by atoms with Gasteiger partial charge in [0.05, 0.1) is 4.90 Å². The summed E-state index contributed by atoms with van der Waals surface area (Å²) in [6.45, 7) is 4.12.